The maximum absolute atomic E-state index is 13.3. The van der Waals surface area contributed by atoms with Crippen LogP contribution in [0.1, 0.15) is 12.0 Å². The molecular formula is C9H7FN4O2. The Balaban J connectivity index is 2.44. The number of aromatic nitrogens is 4. The molecule has 0 aliphatic heterocycles. The van der Waals surface area contributed by atoms with Crippen LogP contribution in [0.25, 0.3) is 5.69 Å². The number of halogens is 1. The molecule has 1 heterocycles. The summed E-state index contributed by atoms with van der Waals surface area (Å²) in [6.07, 6.45) is -2.24. The van der Waals surface area contributed by atoms with Gasteiger partial charge in [-0.2, -0.15) is 4.68 Å². The summed E-state index contributed by atoms with van der Waals surface area (Å²) < 4.78 is 14.3. The van der Waals surface area contributed by atoms with Gasteiger partial charge in [0.1, 0.15) is 0 Å². The SMILES string of the molecule is O=C(O)C(F)c1nnnn1-c1ccccc1. The summed E-state index contributed by atoms with van der Waals surface area (Å²) >= 11 is 0. The van der Waals surface area contributed by atoms with Gasteiger partial charge in [-0.3, -0.25) is 0 Å². The minimum absolute atomic E-state index is 0.348. The molecule has 0 saturated heterocycles. The van der Waals surface area contributed by atoms with E-state index in [9.17, 15) is 9.18 Å². The zero-order valence-electron chi connectivity index (χ0n) is 7.99. The molecule has 0 amide bonds. The minimum atomic E-state index is -2.24. The van der Waals surface area contributed by atoms with Crippen molar-refractivity contribution in [3.05, 3.63) is 36.2 Å². The standard InChI is InChI=1S/C9H7FN4O2/c10-7(9(15)16)8-11-12-13-14(8)6-4-2-1-3-5-6/h1-5,7H,(H,15,16). The predicted octanol–water partition coefficient (Wildman–Crippen LogP) is 0.758. The number of hydrogen-bond acceptors (Lipinski definition) is 4. The molecule has 1 aromatic carbocycles. The summed E-state index contributed by atoms with van der Waals surface area (Å²) in [6.45, 7) is 0. The first kappa shape index (κ1) is 10.2. The van der Waals surface area contributed by atoms with Crippen LogP contribution in [0.15, 0.2) is 30.3 Å². The highest BCUT2D eigenvalue weighted by Crippen LogP contribution is 2.17. The van der Waals surface area contributed by atoms with Gasteiger partial charge in [-0.15, -0.1) is 5.10 Å². The van der Waals surface area contributed by atoms with E-state index in [1.165, 1.54) is 0 Å². The molecule has 1 N–H and O–H groups in total. The molecule has 0 radical (unpaired) electrons. The number of rotatable bonds is 3. The number of tetrazole rings is 1. The van der Waals surface area contributed by atoms with Gasteiger partial charge >= 0.3 is 5.97 Å². The summed E-state index contributed by atoms with van der Waals surface area (Å²) in [5, 5.41) is 18.7. The van der Waals surface area contributed by atoms with Gasteiger partial charge < -0.3 is 5.11 Å². The van der Waals surface area contributed by atoms with Crippen molar-refractivity contribution in [1.82, 2.24) is 20.2 Å². The fourth-order valence-corrected chi connectivity index (χ4v) is 1.22. The summed E-state index contributed by atoms with van der Waals surface area (Å²) in [5.41, 5.74) is 0.506. The quantitative estimate of drug-likeness (QED) is 0.829. The second-order valence-electron chi connectivity index (χ2n) is 2.99. The van der Waals surface area contributed by atoms with E-state index in [0.29, 0.717) is 5.69 Å². The van der Waals surface area contributed by atoms with Gasteiger partial charge in [0.25, 0.3) is 6.17 Å². The normalized spacial score (nSPS) is 12.3. The zero-order valence-corrected chi connectivity index (χ0v) is 7.99. The van der Waals surface area contributed by atoms with Crippen LogP contribution in [0.3, 0.4) is 0 Å². The lowest BCUT2D eigenvalue weighted by atomic mass is 10.3. The molecule has 0 aliphatic carbocycles. The molecular weight excluding hydrogens is 215 g/mol. The van der Waals surface area contributed by atoms with Crippen LogP contribution in [-0.4, -0.2) is 31.3 Å². The fraction of sp³-hybridized carbons (Fsp3) is 0.111. The van der Waals surface area contributed by atoms with Crippen LogP contribution in [0, 0.1) is 0 Å². The van der Waals surface area contributed by atoms with Crippen molar-refractivity contribution in [1.29, 1.82) is 0 Å². The second-order valence-corrected chi connectivity index (χ2v) is 2.99. The number of benzene rings is 1. The summed E-state index contributed by atoms with van der Waals surface area (Å²) in [5.74, 6) is -1.97. The van der Waals surface area contributed by atoms with E-state index in [1.54, 1.807) is 30.3 Å². The Kier molecular flexibility index (Phi) is 2.59. The molecule has 16 heavy (non-hydrogen) atoms. The molecule has 0 aliphatic rings. The molecule has 0 fully saturated rings. The molecule has 7 heteroatoms. The van der Waals surface area contributed by atoms with E-state index in [4.69, 9.17) is 5.11 Å². The third-order valence-corrected chi connectivity index (χ3v) is 1.94. The molecule has 0 saturated carbocycles. The molecule has 6 nitrogen and oxygen atoms in total. The number of aliphatic carboxylic acids is 1. The van der Waals surface area contributed by atoms with Crippen molar-refractivity contribution in [2.75, 3.05) is 0 Å². The van der Waals surface area contributed by atoms with E-state index in [-0.39, 0.29) is 5.82 Å². The zero-order chi connectivity index (χ0) is 11.5. The van der Waals surface area contributed by atoms with Gasteiger partial charge in [-0.1, -0.05) is 18.2 Å². The highest BCUT2D eigenvalue weighted by Gasteiger charge is 2.26. The minimum Gasteiger partial charge on any atom is -0.479 e. The highest BCUT2D eigenvalue weighted by molar-refractivity contribution is 5.73. The van der Waals surface area contributed by atoms with Crippen molar-refractivity contribution in [3.63, 3.8) is 0 Å². The number of hydrogen-bond donors (Lipinski definition) is 1. The van der Waals surface area contributed by atoms with Crippen LogP contribution in [0.2, 0.25) is 0 Å². The Labute approximate surface area is 89.3 Å². The van der Waals surface area contributed by atoms with E-state index in [0.717, 1.165) is 4.68 Å². The van der Waals surface area contributed by atoms with Gasteiger partial charge in [0.15, 0.2) is 0 Å². The molecule has 0 bridgehead atoms. The first-order valence-corrected chi connectivity index (χ1v) is 4.40. The molecule has 2 rings (SSSR count). The van der Waals surface area contributed by atoms with Gasteiger partial charge in [0, 0.05) is 0 Å². The van der Waals surface area contributed by atoms with Crippen molar-refractivity contribution in [2.24, 2.45) is 0 Å². The van der Waals surface area contributed by atoms with Gasteiger partial charge in [-0.05, 0) is 22.6 Å². The van der Waals surface area contributed by atoms with Gasteiger partial charge in [0.2, 0.25) is 5.82 Å². The number of alkyl halides is 1. The molecule has 1 aromatic heterocycles. The average Bonchev–Trinajstić information content (AvgIpc) is 2.77. The summed E-state index contributed by atoms with van der Waals surface area (Å²) in [6, 6.07) is 8.50. The Hall–Kier alpha value is -2.31. The summed E-state index contributed by atoms with van der Waals surface area (Å²) in [7, 11) is 0. The Morgan fingerprint density at radius 1 is 1.38 bits per heavy atom. The number of carboxylic acids is 1. The van der Waals surface area contributed by atoms with Crippen LogP contribution >= 0.6 is 0 Å². The van der Waals surface area contributed by atoms with E-state index >= 15 is 0 Å². The fourth-order valence-electron chi connectivity index (χ4n) is 1.22. The third kappa shape index (κ3) is 1.74. The molecule has 0 spiro atoms. The van der Waals surface area contributed by atoms with Crippen molar-refractivity contribution < 1.29 is 14.3 Å². The van der Waals surface area contributed by atoms with Crippen LogP contribution in [-0.2, 0) is 4.79 Å². The first-order chi connectivity index (χ1) is 7.70. The Morgan fingerprint density at radius 3 is 2.69 bits per heavy atom. The maximum Gasteiger partial charge on any atom is 0.346 e. The maximum atomic E-state index is 13.3. The lowest BCUT2D eigenvalue weighted by molar-refractivity contribution is -0.143. The third-order valence-electron chi connectivity index (χ3n) is 1.94. The first-order valence-electron chi connectivity index (χ1n) is 4.40. The topological polar surface area (TPSA) is 80.9 Å². The average molecular weight is 222 g/mol. The van der Waals surface area contributed by atoms with Crippen LogP contribution in [0.4, 0.5) is 4.39 Å². The number of carboxylic acid groups (broad SMARTS) is 1. The van der Waals surface area contributed by atoms with Crippen LogP contribution in [0.5, 0.6) is 0 Å². The monoisotopic (exact) mass is 222 g/mol. The van der Waals surface area contributed by atoms with Crippen molar-refractivity contribution >= 4 is 5.97 Å². The van der Waals surface area contributed by atoms with E-state index in [1.807, 2.05) is 0 Å². The number of nitrogens with zero attached hydrogens (tertiary/aromatic N) is 4. The Bertz CT molecular complexity index is 499. The van der Waals surface area contributed by atoms with Crippen molar-refractivity contribution in [2.45, 2.75) is 6.17 Å². The van der Waals surface area contributed by atoms with Gasteiger partial charge in [0.05, 0.1) is 5.69 Å². The summed E-state index contributed by atoms with van der Waals surface area (Å²) in [4.78, 5) is 10.5. The predicted molar refractivity (Wildman–Crippen MR) is 50.6 cm³/mol. The van der Waals surface area contributed by atoms with Crippen LogP contribution < -0.4 is 0 Å². The van der Waals surface area contributed by atoms with Crippen molar-refractivity contribution in [3.8, 4) is 5.69 Å². The number of para-hydroxylation sites is 1. The molecule has 2 aromatic rings. The van der Waals surface area contributed by atoms with Gasteiger partial charge in [-0.25, -0.2) is 9.18 Å². The Morgan fingerprint density at radius 2 is 2.06 bits per heavy atom. The lowest BCUT2D eigenvalue weighted by Gasteiger charge is -2.04. The lowest BCUT2D eigenvalue weighted by Crippen LogP contribution is -2.13. The van der Waals surface area contributed by atoms with E-state index in [2.05, 4.69) is 15.5 Å². The second kappa shape index (κ2) is 4.05. The molecule has 1 atom stereocenters. The number of carbonyl (C=O) groups is 1. The highest BCUT2D eigenvalue weighted by atomic mass is 19.1. The molecule has 82 valence electrons. The molecule has 1 unspecified atom stereocenters. The van der Waals surface area contributed by atoms with E-state index < -0.39 is 12.1 Å². The smallest absolute Gasteiger partial charge is 0.346 e. The largest absolute Gasteiger partial charge is 0.479 e.